The van der Waals surface area contributed by atoms with Crippen LogP contribution in [0, 0.1) is 0 Å². The van der Waals surface area contributed by atoms with Gasteiger partial charge in [0.2, 0.25) is 0 Å². The lowest BCUT2D eigenvalue weighted by Crippen LogP contribution is -2.22. The van der Waals surface area contributed by atoms with Crippen molar-refractivity contribution in [3.8, 4) is 0 Å². The van der Waals surface area contributed by atoms with Crippen LogP contribution in [0.5, 0.6) is 0 Å². The van der Waals surface area contributed by atoms with Crippen LogP contribution in [0.15, 0.2) is 0 Å². The van der Waals surface area contributed by atoms with Gasteiger partial charge in [-0.2, -0.15) is 0 Å². The van der Waals surface area contributed by atoms with Crippen LogP contribution >= 0.6 is 11.6 Å². The average Bonchev–Trinajstić information content (AvgIpc) is 2.11. The average molecular weight is 195 g/mol. The number of ether oxygens (including phenoxy) is 2. The van der Waals surface area contributed by atoms with E-state index in [1.54, 1.807) is 0 Å². The van der Waals surface area contributed by atoms with Gasteiger partial charge < -0.3 is 9.47 Å². The molecule has 0 saturated heterocycles. The van der Waals surface area contributed by atoms with Crippen molar-refractivity contribution in [3.05, 3.63) is 0 Å². The van der Waals surface area contributed by atoms with Crippen molar-refractivity contribution in [3.63, 3.8) is 0 Å². The van der Waals surface area contributed by atoms with Crippen molar-refractivity contribution in [1.82, 2.24) is 0 Å². The molecule has 0 rings (SSSR count). The molecule has 0 fully saturated rings. The molecule has 0 aliphatic carbocycles. The number of alkyl halides is 1. The monoisotopic (exact) mass is 194 g/mol. The SMILES string of the molecule is CCCOCC(CCl)OCCC. The van der Waals surface area contributed by atoms with E-state index in [1.165, 1.54) is 0 Å². The van der Waals surface area contributed by atoms with E-state index in [0.29, 0.717) is 12.5 Å². The number of halogens is 1. The van der Waals surface area contributed by atoms with Crippen molar-refractivity contribution >= 4 is 11.6 Å². The van der Waals surface area contributed by atoms with E-state index in [-0.39, 0.29) is 6.10 Å². The Bertz CT molecular complexity index is 88.6. The molecule has 0 radical (unpaired) electrons. The van der Waals surface area contributed by atoms with Gasteiger partial charge in [-0.05, 0) is 12.8 Å². The minimum Gasteiger partial charge on any atom is -0.379 e. The Morgan fingerprint density at radius 3 is 2.33 bits per heavy atom. The molecule has 1 unspecified atom stereocenters. The molecule has 0 amide bonds. The molecule has 74 valence electrons. The molecular weight excluding hydrogens is 176 g/mol. The standard InChI is InChI=1S/C9H19ClO2/c1-3-5-11-8-9(7-10)12-6-4-2/h9H,3-8H2,1-2H3. The van der Waals surface area contributed by atoms with Crippen LogP contribution < -0.4 is 0 Å². The summed E-state index contributed by atoms with van der Waals surface area (Å²) >= 11 is 5.68. The number of hydrogen-bond donors (Lipinski definition) is 0. The summed E-state index contributed by atoms with van der Waals surface area (Å²) in [6.07, 6.45) is 2.14. The predicted octanol–water partition coefficient (Wildman–Crippen LogP) is 2.45. The molecule has 0 aromatic carbocycles. The summed E-state index contributed by atoms with van der Waals surface area (Å²) in [7, 11) is 0. The van der Waals surface area contributed by atoms with Gasteiger partial charge in [-0.1, -0.05) is 13.8 Å². The van der Waals surface area contributed by atoms with E-state index in [2.05, 4.69) is 13.8 Å². The van der Waals surface area contributed by atoms with Crippen molar-refractivity contribution < 1.29 is 9.47 Å². The van der Waals surface area contributed by atoms with Gasteiger partial charge in [0.05, 0.1) is 18.6 Å². The first-order valence-electron chi connectivity index (χ1n) is 4.60. The molecule has 0 bridgehead atoms. The molecule has 2 nitrogen and oxygen atoms in total. The zero-order valence-electron chi connectivity index (χ0n) is 8.01. The molecule has 0 N–H and O–H groups in total. The summed E-state index contributed by atoms with van der Waals surface area (Å²) in [6, 6.07) is 0. The third kappa shape index (κ3) is 6.89. The third-order valence-corrected chi connectivity index (χ3v) is 1.73. The summed E-state index contributed by atoms with van der Waals surface area (Å²) in [4.78, 5) is 0. The zero-order chi connectivity index (χ0) is 9.23. The Labute approximate surface area is 80.2 Å². The Morgan fingerprint density at radius 2 is 1.83 bits per heavy atom. The molecular formula is C9H19ClO2. The largest absolute Gasteiger partial charge is 0.379 e. The summed E-state index contributed by atoms with van der Waals surface area (Å²) in [6.45, 7) is 6.36. The van der Waals surface area contributed by atoms with Gasteiger partial charge in [-0.15, -0.1) is 11.6 Å². The topological polar surface area (TPSA) is 18.5 Å². The molecule has 3 heteroatoms. The van der Waals surface area contributed by atoms with Crippen molar-refractivity contribution in [2.75, 3.05) is 25.7 Å². The summed E-state index contributed by atoms with van der Waals surface area (Å²) in [5.74, 6) is 0.518. The highest BCUT2D eigenvalue weighted by Gasteiger charge is 2.06. The fourth-order valence-corrected chi connectivity index (χ4v) is 0.959. The van der Waals surface area contributed by atoms with Crippen LogP contribution in [0.4, 0.5) is 0 Å². The first kappa shape index (κ1) is 12.2. The summed E-state index contributed by atoms with van der Waals surface area (Å²) in [5.41, 5.74) is 0. The minimum atomic E-state index is 0.0677. The fraction of sp³-hybridized carbons (Fsp3) is 1.00. The second kappa shape index (κ2) is 9.30. The van der Waals surface area contributed by atoms with E-state index < -0.39 is 0 Å². The Morgan fingerprint density at radius 1 is 1.17 bits per heavy atom. The van der Waals surface area contributed by atoms with Crippen LogP contribution in [0.1, 0.15) is 26.7 Å². The number of rotatable bonds is 8. The normalized spacial score (nSPS) is 13.2. The third-order valence-electron chi connectivity index (χ3n) is 1.38. The van der Waals surface area contributed by atoms with E-state index in [1.807, 2.05) is 0 Å². The quantitative estimate of drug-likeness (QED) is 0.437. The molecule has 1 atom stereocenters. The second-order valence-corrected chi connectivity index (χ2v) is 3.03. The fourth-order valence-electron chi connectivity index (χ4n) is 0.781. The van der Waals surface area contributed by atoms with E-state index >= 15 is 0 Å². The van der Waals surface area contributed by atoms with Gasteiger partial charge in [-0.25, -0.2) is 0 Å². The summed E-state index contributed by atoms with van der Waals surface area (Å²) in [5, 5.41) is 0. The first-order valence-corrected chi connectivity index (χ1v) is 5.13. The van der Waals surface area contributed by atoms with E-state index in [0.717, 1.165) is 26.1 Å². The molecule has 0 aliphatic heterocycles. The van der Waals surface area contributed by atoms with Crippen LogP contribution in [0.25, 0.3) is 0 Å². The Balaban J connectivity index is 3.26. The lowest BCUT2D eigenvalue weighted by molar-refractivity contribution is -0.00428. The molecule has 0 spiro atoms. The van der Waals surface area contributed by atoms with Crippen LogP contribution in [0.3, 0.4) is 0 Å². The van der Waals surface area contributed by atoms with Crippen molar-refractivity contribution in [1.29, 1.82) is 0 Å². The summed E-state index contributed by atoms with van der Waals surface area (Å²) < 4.78 is 10.8. The molecule has 0 aliphatic rings. The molecule has 12 heavy (non-hydrogen) atoms. The van der Waals surface area contributed by atoms with Crippen LogP contribution in [-0.2, 0) is 9.47 Å². The van der Waals surface area contributed by atoms with E-state index in [9.17, 15) is 0 Å². The minimum absolute atomic E-state index is 0.0677. The van der Waals surface area contributed by atoms with Gasteiger partial charge >= 0.3 is 0 Å². The maximum absolute atomic E-state index is 5.68. The highest BCUT2D eigenvalue weighted by atomic mass is 35.5. The molecule has 0 saturated carbocycles. The second-order valence-electron chi connectivity index (χ2n) is 2.72. The first-order chi connectivity index (χ1) is 5.85. The molecule has 0 aromatic heterocycles. The maximum Gasteiger partial charge on any atom is 0.0943 e. The molecule has 0 heterocycles. The lowest BCUT2D eigenvalue weighted by atomic mass is 10.4. The Kier molecular flexibility index (Phi) is 9.46. The van der Waals surface area contributed by atoms with Gasteiger partial charge in [-0.3, -0.25) is 0 Å². The lowest BCUT2D eigenvalue weighted by Gasteiger charge is -2.14. The van der Waals surface area contributed by atoms with Crippen LogP contribution in [-0.4, -0.2) is 31.8 Å². The maximum atomic E-state index is 5.68. The smallest absolute Gasteiger partial charge is 0.0943 e. The highest BCUT2D eigenvalue weighted by molar-refractivity contribution is 6.18. The van der Waals surface area contributed by atoms with Crippen molar-refractivity contribution in [2.45, 2.75) is 32.8 Å². The van der Waals surface area contributed by atoms with Gasteiger partial charge in [0, 0.05) is 13.2 Å². The van der Waals surface area contributed by atoms with Crippen LogP contribution in [0.2, 0.25) is 0 Å². The molecule has 0 aromatic rings. The van der Waals surface area contributed by atoms with Gasteiger partial charge in [0.1, 0.15) is 0 Å². The number of hydrogen-bond acceptors (Lipinski definition) is 2. The van der Waals surface area contributed by atoms with Gasteiger partial charge in [0.25, 0.3) is 0 Å². The predicted molar refractivity (Wildman–Crippen MR) is 51.9 cm³/mol. The van der Waals surface area contributed by atoms with Crippen molar-refractivity contribution in [2.24, 2.45) is 0 Å². The highest BCUT2D eigenvalue weighted by Crippen LogP contribution is 1.98. The van der Waals surface area contributed by atoms with E-state index in [4.69, 9.17) is 21.1 Å². The Hall–Kier alpha value is 0.210. The zero-order valence-corrected chi connectivity index (χ0v) is 8.77. The van der Waals surface area contributed by atoms with Gasteiger partial charge in [0.15, 0.2) is 0 Å².